The molecule has 0 N–H and O–H groups in total. The lowest BCUT2D eigenvalue weighted by atomic mass is 9.88. The Kier molecular flexibility index (Phi) is 6.91. The van der Waals surface area contributed by atoms with E-state index in [2.05, 4.69) is 0 Å². The predicted molar refractivity (Wildman–Crippen MR) is 127 cm³/mol. The summed E-state index contributed by atoms with van der Waals surface area (Å²) in [4.78, 5) is 12.9. The lowest BCUT2D eigenvalue weighted by Crippen LogP contribution is -2.51. The number of methoxy groups -OCH3 is 1. The van der Waals surface area contributed by atoms with Crippen molar-refractivity contribution in [3.05, 3.63) is 69.4 Å². The number of rotatable bonds is 7. The Morgan fingerprint density at radius 3 is 2.19 bits per heavy atom. The highest BCUT2D eigenvalue weighted by molar-refractivity contribution is 14.1. The fourth-order valence-corrected chi connectivity index (χ4v) is 8.45. The van der Waals surface area contributed by atoms with Gasteiger partial charge in [0.05, 0.1) is 18.6 Å². The van der Waals surface area contributed by atoms with Crippen molar-refractivity contribution >= 4 is 46.5 Å². The molecular formula is C21H22INO7S2. The molecule has 32 heavy (non-hydrogen) atoms. The molecule has 11 heteroatoms. The number of aryl methyl sites for hydroxylation is 1. The Morgan fingerprint density at radius 1 is 1.06 bits per heavy atom. The van der Waals surface area contributed by atoms with Crippen LogP contribution in [0.2, 0.25) is 0 Å². The van der Waals surface area contributed by atoms with Crippen LogP contribution in [0.25, 0.3) is 0 Å². The van der Waals surface area contributed by atoms with Gasteiger partial charge in [0.1, 0.15) is 5.75 Å². The monoisotopic (exact) mass is 591 g/mol. The molecule has 1 aliphatic rings. The van der Waals surface area contributed by atoms with Gasteiger partial charge in [-0.25, -0.2) is 17.5 Å². The van der Waals surface area contributed by atoms with E-state index in [4.69, 9.17) is 9.47 Å². The standard InChI is InChI=1S/C21H22INO7S2/c1-4-30-20(24)21(16-7-9-18(29-3)10-8-16)13-17(22)14-23(21)32(27,28)31(25,26)19-11-5-15(2)6-12-19/h5-12,14H,4,13H2,1-3H3. The van der Waals surface area contributed by atoms with Gasteiger partial charge in [0.15, 0.2) is 5.54 Å². The molecule has 172 valence electrons. The Hall–Kier alpha value is -2.12. The number of carbonyl (C=O) groups excluding carboxylic acids is 1. The van der Waals surface area contributed by atoms with Crippen LogP contribution in [-0.2, 0) is 33.0 Å². The number of ether oxygens (including phenoxy) is 2. The molecule has 0 aromatic heterocycles. The predicted octanol–water partition coefficient (Wildman–Crippen LogP) is 3.46. The maximum absolute atomic E-state index is 13.6. The Bertz CT molecular complexity index is 1250. The molecule has 1 heterocycles. The average Bonchev–Trinajstić information content (AvgIpc) is 3.13. The molecule has 2 aromatic rings. The fraction of sp³-hybridized carbons (Fsp3) is 0.286. The van der Waals surface area contributed by atoms with E-state index in [1.807, 2.05) is 22.6 Å². The van der Waals surface area contributed by atoms with Gasteiger partial charge in [-0.15, -0.1) is 0 Å². The van der Waals surface area contributed by atoms with Crippen molar-refractivity contribution in [2.75, 3.05) is 13.7 Å². The highest BCUT2D eigenvalue weighted by Gasteiger charge is 2.57. The van der Waals surface area contributed by atoms with E-state index in [-0.39, 0.29) is 23.5 Å². The van der Waals surface area contributed by atoms with Crippen LogP contribution >= 0.6 is 22.6 Å². The summed E-state index contributed by atoms with van der Waals surface area (Å²) < 4.78 is 65.1. The first-order valence-corrected chi connectivity index (χ1v) is 14.1. The minimum absolute atomic E-state index is 0.00802. The van der Waals surface area contributed by atoms with Gasteiger partial charge in [-0.1, -0.05) is 29.8 Å². The molecular weight excluding hydrogens is 569 g/mol. The van der Waals surface area contributed by atoms with Crippen molar-refractivity contribution in [1.29, 1.82) is 0 Å². The molecule has 0 radical (unpaired) electrons. The van der Waals surface area contributed by atoms with Gasteiger partial charge in [-0.2, -0.15) is 8.42 Å². The minimum Gasteiger partial charge on any atom is -0.497 e. The third-order valence-electron chi connectivity index (χ3n) is 5.07. The number of benzene rings is 2. The first-order chi connectivity index (χ1) is 15.0. The quantitative estimate of drug-likeness (QED) is 0.276. The van der Waals surface area contributed by atoms with Crippen LogP contribution in [0.4, 0.5) is 0 Å². The van der Waals surface area contributed by atoms with Crippen LogP contribution < -0.4 is 4.74 Å². The molecule has 0 bridgehead atoms. The molecule has 1 unspecified atom stereocenters. The molecule has 2 aromatic carbocycles. The third-order valence-corrected chi connectivity index (χ3v) is 10.8. The molecule has 8 nitrogen and oxygen atoms in total. The van der Waals surface area contributed by atoms with Crippen molar-refractivity contribution in [3.63, 3.8) is 0 Å². The Labute approximate surface area is 200 Å². The number of carbonyl (C=O) groups is 1. The summed E-state index contributed by atoms with van der Waals surface area (Å²) in [5.74, 6) is -0.370. The van der Waals surface area contributed by atoms with E-state index in [1.54, 1.807) is 26.0 Å². The molecule has 3 rings (SSSR count). The van der Waals surface area contributed by atoms with Gasteiger partial charge in [0.2, 0.25) is 0 Å². The van der Waals surface area contributed by atoms with Gasteiger partial charge >= 0.3 is 23.9 Å². The Balaban J connectivity index is 2.24. The van der Waals surface area contributed by atoms with Crippen molar-refractivity contribution < 1.29 is 31.1 Å². The normalized spacial score (nSPS) is 18.9. The maximum Gasteiger partial charge on any atom is 0.346 e. The van der Waals surface area contributed by atoms with Crippen LogP contribution in [-0.4, -0.2) is 40.8 Å². The fourth-order valence-electron chi connectivity index (χ4n) is 3.42. The van der Waals surface area contributed by atoms with Crippen LogP contribution in [0.15, 0.2) is 63.2 Å². The molecule has 0 saturated heterocycles. The molecule has 0 amide bonds. The van der Waals surface area contributed by atoms with Crippen molar-refractivity contribution in [2.45, 2.75) is 30.7 Å². The number of esters is 1. The van der Waals surface area contributed by atoms with E-state index in [0.29, 0.717) is 13.6 Å². The van der Waals surface area contributed by atoms with Crippen molar-refractivity contribution in [1.82, 2.24) is 4.31 Å². The largest absolute Gasteiger partial charge is 0.497 e. The van der Waals surface area contributed by atoms with E-state index in [1.165, 1.54) is 49.7 Å². The third kappa shape index (κ3) is 4.01. The van der Waals surface area contributed by atoms with Gasteiger partial charge in [0, 0.05) is 16.2 Å². The van der Waals surface area contributed by atoms with E-state index in [9.17, 15) is 21.6 Å². The Morgan fingerprint density at radius 2 is 1.66 bits per heavy atom. The highest BCUT2D eigenvalue weighted by atomic mass is 127. The number of nitrogens with zero attached hydrogens (tertiary/aromatic N) is 1. The summed E-state index contributed by atoms with van der Waals surface area (Å²) in [5, 5.41) is 0. The molecule has 0 spiro atoms. The van der Waals surface area contributed by atoms with E-state index < -0.39 is 29.4 Å². The second-order valence-corrected chi connectivity index (χ2v) is 13.7. The second kappa shape index (κ2) is 9.02. The SMILES string of the molecule is CCOC(=O)C1(c2ccc(OC)cc2)CC(I)=CN1S(=O)(=O)S(=O)(=O)c1ccc(C)cc1. The molecule has 1 aliphatic heterocycles. The molecule has 1 atom stereocenters. The summed E-state index contributed by atoms with van der Waals surface area (Å²) in [5.41, 5.74) is -0.867. The summed E-state index contributed by atoms with van der Waals surface area (Å²) in [7, 11) is -8.49. The summed E-state index contributed by atoms with van der Waals surface area (Å²) in [6, 6.07) is 11.7. The van der Waals surface area contributed by atoms with Crippen LogP contribution in [0.1, 0.15) is 24.5 Å². The van der Waals surface area contributed by atoms with Gasteiger partial charge in [-0.05, 0) is 66.3 Å². The number of hydrogen-bond acceptors (Lipinski definition) is 7. The maximum atomic E-state index is 13.6. The molecule has 0 fully saturated rings. The van der Waals surface area contributed by atoms with E-state index >= 15 is 0 Å². The zero-order valence-electron chi connectivity index (χ0n) is 17.6. The summed E-state index contributed by atoms with van der Waals surface area (Å²) in [6.45, 7) is 3.34. The molecule has 0 saturated carbocycles. The average molecular weight is 591 g/mol. The minimum atomic E-state index is -5.08. The smallest absolute Gasteiger partial charge is 0.346 e. The summed E-state index contributed by atoms with van der Waals surface area (Å²) >= 11 is 1.89. The number of hydrogen-bond donors (Lipinski definition) is 0. The summed E-state index contributed by atoms with van der Waals surface area (Å²) in [6.07, 6.45) is 1.10. The zero-order valence-corrected chi connectivity index (χ0v) is 21.4. The van der Waals surface area contributed by atoms with Crippen LogP contribution in [0.3, 0.4) is 0 Å². The van der Waals surface area contributed by atoms with Crippen LogP contribution in [0.5, 0.6) is 5.75 Å². The van der Waals surface area contributed by atoms with Crippen LogP contribution in [0, 0.1) is 6.92 Å². The van der Waals surface area contributed by atoms with Gasteiger partial charge in [-0.3, -0.25) is 0 Å². The van der Waals surface area contributed by atoms with Gasteiger partial charge < -0.3 is 9.47 Å². The zero-order chi connectivity index (χ0) is 23.7. The lowest BCUT2D eigenvalue weighted by Gasteiger charge is -2.36. The first kappa shape index (κ1) is 24.5. The van der Waals surface area contributed by atoms with Crippen molar-refractivity contribution in [2.24, 2.45) is 0 Å². The highest BCUT2D eigenvalue weighted by Crippen LogP contribution is 2.47. The van der Waals surface area contributed by atoms with Gasteiger partial charge in [0.25, 0.3) is 0 Å². The molecule has 0 aliphatic carbocycles. The van der Waals surface area contributed by atoms with Crippen molar-refractivity contribution in [3.8, 4) is 5.75 Å². The lowest BCUT2D eigenvalue weighted by molar-refractivity contribution is -0.153. The topological polar surface area (TPSA) is 107 Å². The number of halogens is 1. The first-order valence-electron chi connectivity index (χ1n) is 9.55. The second-order valence-electron chi connectivity index (χ2n) is 7.08. The van der Waals surface area contributed by atoms with E-state index in [0.717, 1.165) is 5.56 Å².